The highest BCUT2D eigenvalue weighted by Crippen LogP contribution is 2.33. The van der Waals surface area contributed by atoms with Crippen LogP contribution in [-0.2, 0) is 0 Å². The molecule has 1 heterocycles. The van der Waals surface area contributed by atoms with E-state index in [4.69, 9.17) is 0 Å². The molecule has 0 aliphatic carbocycles. The molecule has 0 amide bonds. The Kier molecular flexibility index (Phi) is 4.77. The van der Waals surface area contributed by atoms with Gasteiger partial charge in [0.25, 0.3) is 0 Å². The third-order valence-corrected chi connectivity index (χ3v) is 5.60. The Morgan fingerprint density at radius 2 is 1.08 bits per heavy atom. The van der Waals surface area contributed by atoms with Gasteiger partial charge in [0.1, 0.15) is 0 Å². The highest BCUT2D eigenvalue weighted by molar-refractivity contribution is 7.79. The predicted octanol–water partition coefficient (Wildman–Crippen LogP) is 3.67. The van der Waals surface area contributed by atoms with Crippen LogP contribution in [0.15, 0.2) is 48.7 Å². The molecule has 3 aromatic rings. The average Bonchev–Trinajstić information content (AvgIpc) is 2.58. The lowest BCUT2D eigenvalue weighted by Crippen LogP contribution is -2.25. The molecular weight excluding hydrogens is 363 g/mol. The van der Waals surface area contributed by atoms with Crippen LogP contribution < -0.4 is 16.0 Å². The molecule has 8 heteroatoms. The summed E-state index contributed by atoms with van der Waals surface area (Å²) in [7, 11) is -1.94. The molecule has 0 aliphatic heterocycles. The SMILES string of the molecule is Fc1cc(P(c2cc(F)c(F)c(F)c2)c2ccccn2)cc(F)c1F. The first-order valence-electron chi connectivity index (χ1n) is 6.88. The van der Waals surface area contributed by atoms with E-state index >= 15 is 0 Å². The molecule has 3 rings (SSSR count). The van der Waals surface area contributed by atoms with Gasteiger partial charge in [-0.2, -0.15) is 0 Å². The van der Waals surface area contributed by atoms with Crippen molar-refractivity contribution >= 4 is 24.0 Å². The Bertz CT molecular complexity index is 828. The molecule has 25 heavy (non-hydrogen) atoms. The normalized spacial score (nSPS) is 11.2. The van der Waals surface area contributed by atoms with E-state index < -0.39 is 42.8 Å². The molecule has 1 aromatic heterocycles. The Morgan fingerprint density at radius 3 is 1.44 bits per heavy atom. The molecular formula is C17H8F6NP. The van der Waals surface area contributed by atoms with Gasteiger partial charge in [0, 0.05) is 14.1 Å². The van der Waals surface area contributed by atoms with Crippen LogP contribution in [0.2, 0.25) is 0 Å². The Balaban J connectivity index is 2.25. The fourth-order valence-corrected chi connectivity index (χ4v) is 4.46. The summed E-state index contributed by atoms with van der Waals surface area (Å²) in [6.07, 6.45) is 1.39. The highest BCUT2D eigenvalue weighted by Gasteiger charge is 2.24. The quantitative estimate of drug-likeness (QED) is 0.389. The second-order valence-electron chi connectivity index (χ2n) is 4.97. The lowest BCUT2D eigenvalue weighted by atomic mass is 10.3. The summed E-state index contributed by atoms with van der Waals surface area (Å²) in [6.45, 7) is 0. The van der Waals surface area contributed by atoms with Gasteiger partial charge >= 0.3 is 0 Å². The van der Waals surface area contributed by atoms with Crippen LogP contribution in [0.3, 0.4) is 0 Å². The maximum atomic E-state index is 13.6. The topological polar surface area (TPSA) is 12.9 Å². The van der Waals surface area contributed by atoms with E-state index in [2.05, 4.69) is 4.98 Å². The highest BCUT2D eigenvalue weighted by atomic mass is 31.1. The van der Waals surface area contributed by atoms with Crippen LogP contribution in [0.1, 0.15) is 0 Å². The molecule has 0 aliphatic rings. The maximum absolute atomic E-state index is 13.6. The second kappa shape index (κ2) is 6.84. The maximum Gasteiger partial charge on any atom is 0.194 e. The summed E-state index contributed by atoms with van der Waals surface area (Å²) in [5, 5.41) is -0.119. The third kappa shape index (κ3) is 3.37. The van der Waals surface area contributed by atoms with Crippen LogP contribution in [0.25, 0.3) is 0 Å². The third-order valence-electron chi connectivity index (χ3n) is 3.33. The molecule has 0 spiro atoms. The fourth-order valence-electron chi connectivity index (χ4n) is 2.24. The number of aromatic nitrogens is 1. The van der Waals surface area contributed by atoms with Gasteiger partial charge in [0.2, 0.25) is 0 Å². The minimum Gasteiger partial charge on any atom is -0.256 e. The molecule has 0 radical (unpaired) electrons. The summed E-state index contributed by atoms with van der Waals surface area (Å²) in [5.41, 5.74) is 0.258. The molecule has 0 saturated carbocycles. The summed E-state index contributed by atoms with van der Waals surface area (Å²) >= 11 is 0. The Morgan fingerprint density at radius 1 is 0.640 bits per heavy atom. The van der Waals surface area contributed by atoms with Gasteiger partial charge in [-0.25, -0.2) is 26.3 Å². The molecule has 128 valence electrons. The van der Waals surface area contributed by atoms with Crippen molar-refractivity contribution in [3.8, 4) is 0 Å². The zero-order valence-corrected chi connectivity index (χ0v) is 13.2. The van der Waals surface area contributed by atoms with Gasteiger partial charge in [-0.3, -0.25) is 4.98 Å². The summed E-state index contributed by atoms with van der Waals surface area (Å²) in [6, 6.07) is 7.58. The van der Waals surface area contributed by atoms with Crippen LogP contribution in [0.5, 0.6) is 0 Å². The molecule has 0 N–H and O–H groups in total. The van der Waals surface area contributed by atoms with E-state index in [1.165, 1.54) is 12.3 Å². The Hall–Kier alpha value is -2.40. The van der Waals surface area contributed by atoms with Gasteiger partial charge in [-0.05, 0) is 47.0 Å². The van der Waals surface area contributed by atoms with Crippen molar-refractivity contribution in [1.82, 2.24) is 4.98 Å². The average molecular weight is 371 g/mol. The van der Waals surface area contributed by atoms with Gasteiger partial charge in [0.05, 0.1) is 5.44 Å². The number of hydrogen-bond donors (Lipinski definition) is 0. The molecule has 1 nitrogen and oxygen atoms in total. The van der Waals surface area contributed by atoms with Gasteiger partial charge in [-0.1, -0.05) is 6.07 Å². The first-order chi connectivity index (χ1) is 11.9. The minimum atomic E-state index is -1.94. The predicted molar refractivity (Wildman–Crippen MR) is 82.7 cm³/mol. The smallest absolute Gasteiger partial charge is 0.194 e. The first kappa shape index (κ1) is 17.4. The lowest BCUT2D eigenvalue weighted by Gasteiger charge is -2.19. The van der Waals surface area contributed by atoms with E-state index in [1.807, 2.05) is 0 Å². The number of nitrogens with zero attached hydrogens (tertiary/aromatic N) is 1. The first-order valence-corrected chi connectivity index (χ1v) is 8.23. The lowest BCUT2D eigenvalue weighted by molar-refractivity contribution is 0.448. The van der Waals surface area contributed by atoms with E-state index in [0.717, 1.165) is 24.3 Å². The van der Waals surface area contributed by atoms with Gasteiger partial charge < -0.3 is 0 Å². The van der Waals surface area contributed by atoms with Crippen molar-refractivity contribution in [2.24, 2.45) is 0 Å². The number of halogens is 6. The zero-order valence-electron chi connectivity index (χ0n) is 12.3. The van der Waals surface area contributed by atoms with E-state index in [0.29, 0.717) is 0 Å². The summed E-state index contributed by atoms with van der Waals surface area (Å²) in [4.78, 5) is 4.05. The number of rotatable bonds is 3. The number of benzene rings is 2. The summed E-state index contributed by atoms with van der Waals surface area (Å²) < 4.78 is 80.9. The molecule has 0 saturated heterocycles. The molecule has 0 atom stereocenters. The number of hydrogen-bond acceptors (Lipinski definition) is 1. The zero-order chi connectivity index (χ0) is 18.1. The van der Waals surface area contributed by atoms with E-state index in [1.54, 1.807) is 12.1 Å². The van der Waals surface area contributed by atoms with Gasteiger partial charge in [0.15, 0.2) is 34.9 Å². The van der Waals surface area contributed by atoms with Crippen molar-refractivity contribution in [2.75, 3.05) is 0 Å². The number of pyridine rings is 1. The van der Waals surface area contributed by atoms with Crippen LogP contribution in [-0.4, -0.2) is 4.98 Å². The van der Waals surface area contributed by atoms with Crippen LogP contribution in [0, 0.1) is 34.9 Å². The second-order valence-corrected chi connectivity index (χ2v) is 7.13. The van der Waals surface area contributed by atoms with Gasteiger partial charge in [-0.15, -0.1) is 0 Å². The van der Waals surface area contributed by atoms with Crippen molar-refractivity contribution < 1.29 is 26.3 Å². The van der Waals surface area contributed by atoms with Crippen molar-refractivity contribution in [2.45, 2.75) is 0 Å². The van der Waals surface area contributed by atoms with E-state index in [9.17, 15) is 26.3 Å². The van der Waals surface area contributed by atoms with Crippen molar-refractivity contribution in [3.63, 3.8) is 0 Å². The largest absolute Gasteiger partial charge is 0.256 e. The molecule has 0 fully saturated rings. The van der Waals surface area contributed by atoms with E-state index in [-0.39, 0.29) is 16.0 Å². The van der Waals surface area contributed by atoms with Crippen LogP contribution in [0.4, 0.5) is 26.3 Å². The monoisotopic (exact) mass is 371 g/mol. The molecule has 2 aromatic carbocycles. The van der Waals surface area contributed by atoms with Crippen LogP contribution >= 0.6 is 7.92 Å². The minimum absolute atomic E-state index is 0.0597. The molecule has 0 unspecified atom stereocenters. The Labute approximate surface area is 139 Å². The standard InChI is InChI=1S/C17H8F6NP/c18-11-5-9(6-12(19)16(11)22)25(15-3-1-2-4-24-15)10-7-13(20)17(23)14(21)8-10/h1-8H. The molecule has 0 bridgehead atoms. The van der Waals surface area contributed by atoms with Crippen molar-refractivity contribution in [3.05, 3.63) is 83.6 Å². The van der Waals surface area contributed by atoms with Crippen molar-refractivity contribution in [1.29, 1.82) is 0 Å². The summed E-state index contributed by atoms with van der Waals surface area (Å²) in [5.74, 6) is -9.08. The fraction of sp³-hybridized carbons (Fsp3) is 0.